The van der Waals surface area contributed by atoms with Crippen molar-refractivity contribution in [2.24, 2.45) is 0 Å². The third-order valence-electron chi connectivity index (χ3n) is 4.49. The van der Waals surface area contributed by atoms with Crippen molar-refractivity contribution < 1.29 is 38.1 Å². The van der Waals surface area contributed by atoms with Crippen molar-refractivity contribution in [3.63, 3.8) is 0 Å². The third-order valence-corrected chi connectivity index (χ3v) is 4.49. The minimum Gasteiger partial charge on any atom is -0.457 e. The van der Waals surface area contributed by atoms with Crippen molar-refractivity contribution in [1.82, 2.24) is 10.6 Å². The highest BCUT2D eigenvalue weighted by molar-refractivity contribution is 5.75. The lowest BCUT2D eigenvalue weighted by molar-refractivity contribution is -0.160. The zero-order chi connectivity index (χ0) is 20.0. The molecule has 2 aliphatic heterocycles. The molecule has 27 heavy (non-hydrogen) atoms. The molecule has 0 bridgehead atoms. The van der Waals surface area contributed by atoms with Gasteiger partial charge in [-0.2, -0.15) is 0 Å². The smallest absolute Gasteiger partial charge is 0.308 e. The Bertz CT molecular complexity index is 595. The van der Waals surface area contributed by atoms with E-state index in [0.29, 0.717) is 0 Å². The van der Waals surface area contributed by atoms with Gasteiger partial charge in [-0.1, -0.05) is 0 Å². The van der Waals surface area contributed by atoms with Crippen molar-refractivity contribution in [2.45, 2.75) is 57.5 Å². The van der Waals surface area contributed by atoms with E-state index in [4.69, 9.17) is 18.9 Å². The predicted molar refractivity (Wildman–Crippen MR) is 90.5 cm³/mol. The molecule has 2 heterocycles. The zero-order valence-corrected chi connectivity index (χ0v) is 15.7. The van der Waals surface area contributed by atoms with Crippen LogP contribution in [0, 0.1) is 0 Å². The maximum absolute atomic E-state index is 11.9. The van der Waals surface area contributed by atoms with Crippen molar-refractivity contribution in [3.8, 4) is 0 Å². The lowest BCUT2D eigenvalue weighted by Gasteiger charge is -2.28. The van der Waals surface area contributed by atoms with Gasteiger partial charge in [0.25, 0.3) is 0 Å². The molecule has 152 valence electrons. The Morgan fingerprint density at radius 3 is 2.07 bits per heavy atom. The second-order valence-corrected chi connectivity index (χ2v) is 6.72. The Morgan fingerprint density at radius 2 is 1.52 bits per heavy atom. The molecular weight excluding hydrogens is 360 g/mol. The van der Waals surface area contributed by atoms with Gasteiger partial charge < -0.3 is 29.6 Å². The molecule has 0 radical (unpaired) electrons. The van der Waals surface area contributed by atoms with E-state index in [1.807, 2.05) is 0 Å². The highest BCUT2D eigenvalue weighted by Gasteiger charge is 2.60. The fraction of sp³-hybridized carbons (Fsp3) is 0.765. The Hall–Kier alpha value is -2.20. The molecule has 2 fully saturated rings. The number of hydrogen-bond acceptors (Lipinski definition) is 8. The first-order valence-electron chi connectivity index (χ1n) is 8.85. The topological polar surface area (TPSA) is 129 Å². The summed E-state index contributed by atoms with van der Waals surface area (Å²) in [7, 11) is 0. The number of amides is 2. The largest absolute Gasteiger partial charge is 0.457 e. The molecule has 2 aliphatic rings. The number of hydrogen-bond donors (Lipinski definition) is 2. The van der Waals surface area contributed by atoms with Crippen LogP contribution in [0.25, 0.3) is 0 Å². The molecule has 0 saturated carbocycles. The maximum Gasteiger partial charge on any atom is 0.308 e. The van der Waals surface area contributed by atoms with Crippen LogP contribution in [-0.2, 0) is 38.1 Å². The van der Waals surface area contributed by atoms with Crippen LogP contribution in [0.2, 0.25) is 0 Å². The van der Waals surface area contributed by atoms with Crippen LogP contribution < -0.4 is 10.6 Å². The lowest BCUT2D eigenvalue weighted by atomic mass is 9.94. The van der Waals surface area contributed by atoms with Gasteiger partial charge in [0.1, 0.15) is 11.7 Å². The second kappa shape index (κ2) is 9.14. The molecule has 0 aliphatic carbocycles. The SMILES string of the molecule is CC(=O)NCCC(=O)OC1COC2(C)C(OC(=O)CCNC(C)=O)COC12. The Morgan fingerprint density at radius 1 is 0.963 bits per heavy atom. The van der Waals surface area contributed by atoms with Gasteiger partial charge >= 0.3 is 11.9 Å². The predicted octanol–water partition coefficient (Wildman–Crippen LogP) is -0.950. The van der Waals surface area contributed by atoms with Gasteiger partial charge in [-0.15, -0.1) is 0 Å². The Balaban J connectivity index is 1.81. The van der Waals surface area contributed by atoms with E-state index in [-0.39, 0.29) is 51.0 Å². The fourth-order valence-corrected chi connectivity index (χ4v) is 3.08. The third kappa shape index (κ3) is 5.64. The number of esters is 2. The number of carbonyl (C=O) groups is 4. The van der Waals surface area contributed by atoms with Crippen LogP contribution in [0.5, 0.6) is 0 Å². The van der Waals surface area contributed by atoms with Gasteiger partial charge in [-0.05, 0) is 6.92 Å². The molecule has 0 aromatic rings. The molecule has 4 atom stereocenters. The molecule has 10 heteroatoms. The number of rotatable bonds is 8. The summed E-state index contributed by atoms with van der Waals surface area (Å²) >= 11 is 0. The summed E-state index contributed by atoms with van der Waals surface area (Å²) in [5.74, 6) is -1.39. The van der Waals surface area contributed by atoms with Crippen LogP contribution in [0.15, 0.2) is 0 Å². The summed E-state index contributed by atoms with van der Waals surface area (Å²) in [6, 6.07) is 0. The molecule has 0 aromatic heterocycles. The van der Waals surface area contributed by atoms with E-state index in [9.17, 15) is 19.2 Å². The van der Waals surface area contributed by atoms with E-state index in [1.165, 1.54) is 13.8 Å². The second-order valence-electron chi connectivity index (χ2n) is 6.72. The fourth-order valence-electron chi connectivity index (χ4n) is 3.08. The quantitative estimate of drug-likeness (QED) is 0.511. The highest BCUT2D eigenvalue weighted by Crippen LogP contribution is 2.40. The minimum absolute atomic E-state index is 0.0401. The first-order valence-corrected chi connectivity index (χ1v) is 8.85. The van der Waals surface area contributed by atoms with Crippen molar-refractivity contribution >= 4 is 23.8 Å². The van der Waals surface area contributed by atoms with Gasteiger partial charge in [-0.3, -0.25) is 19.2 Å². The van der Waals surface area contributed by atoms with E-state index in [0.717, 1.165) is 0 Å². The van der Waals surface area contributed by atoms with E-state index < -0.39 is 35.9 Å². The van der Waals surface area contributed by atoms with Crippen LogP contribution >= 0.6 is 0 Å². The molecule has 0 spiro atoms. The molecule has 2 rings (SSSR count). The van der Waals surface area contributed by atoms with Gasteiger partial charge in [0.15, 0.2) is 12.2 Å². The molecule has 4 unspecified atom stereocenters. The average molecular weight is 386 g/mol. The van der Waals surface area contributed by atoms with Crippen molar-refractivity contribution in [2.75, 3.05) is 26.3 Å². The standard InChI is InChI=1S/C17H26N2O8/c1-10(20)18-6-4-14(22)26-12-8-25-17(3)13(9-24-16(12)17)27-15(23)5-7-19-11(2)21/h12-13,16H,4-9H2,1-3H3,(H,18,20)(H,19,21). The summed E-state index contributed by atoms with van der Waals surface area (Å²) in [5, 5.41) is 5.05. The van der Waals surface area contributed by atoms with E-state index >= 15 is 0 Å². The lowest BCUT2D eigenvalue weighted by Crippen LogP contribution is -2.47. The summed E-state index contributed by atoms with van der Waals surface area (Å²) in [6.07, 6.45) is -1.70. The number of ether oxygens (including phenoxy) is 4. The Kier molecular flexibility index (Phi) is 7.14. The van der Waals surface area contributed by atoms with Gasteiger partial charge in [-0.25, -0.2) is 0 Å². The van der Waals surface area contributed by atoms with E-state index in [2.05, 4.69) is 10.6 Å². The first-order chi connectivity index (χ1) is 12.7. The number of carbonyl (C=O) groups excluding carboxylic acids is 4. The van der Waals surface area contributed by atoms with E-state index in [1.54, 1.807) is 6.92 Å². The summed E-state index contributed by atoms with van der Waals surface area (Å²) in [6.45, 7) is 5.13. The first kappa shape index (κ1) is 21.1. The summed E-state index contributed by atoms with van der Waals surface area (Å²) < 4.78 is 22.2. The van der Waals surface area contributed by atoms with Crippen molar-refractivity contribution in [3.05, 3.63) is 0 Å². The zero-order valence-electron chi connectivity index (χ0n) is 15.7. The monoisotopic (exact) mass is 386 g/mol. The number of fused-ring (bicyclic) bond motifs is 1. The highest BCUT2D eigenvalue weighted by atomic mass is 16.7. The average Bonchev–Trinajstić information content (AvgIpc) is 3.04. The maximum atomic E-state index is 11.9. The van der Waals surface area contributed by atoms with Crippen LogP contribution in [-0.4, -0.2) is 74.0 Å². The molecule has 2 amide bonds. The summed E-state index contributed by atoms with van der Waals surface area (Å²) in [4.78, 5) is 45.5. The normalized spacial score (nSPS) is 28.9. The minimum atomic E-state index is -0.910. The Labute approximate surface area is 157 Å². The number of nitrogens with one attached hydrogen (secondary N) is 2. The van der Waals surface area contributed by atoms with Gasteiger partial charge in [0.05, 0.1) is 26.1 Å². The van der Waals surface area contributed by atoms with Gasteiger partial charge in [0, 0.05) is 26.9 Å². The van der Waals surface area contributed by atoms with Crippen molar-refractivity contribution in [1.29, 1.82) is 0 Å². The van der Waals surface area contributed by atoms with Crippen LogP contribution in [0.4, 0.5) is 0 Å². The molecule has 2 N–H and O–H groups in total. The van der Waals surface area contributed by atoms with Crippen LogP contribution in [0.3, 0.4) is 0 Å². The molecule has 10 nitrogen and oxygen atoms in total. The van der Waals surface area contributed by atoms with Gasteiger partial charge in [0.2, 0.25) is 11.8 Å². The molecule has 2 saturated heterocycles. The molecular formula is C17H26N2O8. The van der Waals surface area contributed by atoms with Crippen LogP contribution in [0.1, 0.15) is 33.6 Å². The molecule has 0 aromatic carbocycles. The summed E-state index contributed by atoms with van der Waals surface area (Å²) in [5.41, 5.74) is -0.910.